The van der Waals surface area contributed by atoms with Crippen LogP contribution >= 0.6 is 0 Å². The molecule has 18 heavy (non-hydrogen) atoms. The zero-order valence-corrected chi connectivity index (χ0v) is 10.8. The van der Waals surface area contributed by atoms with E-state index in [4.69, 9.17) is 0 Å². The van der Waals surface area contributed by atoms with Gasteiger partial charge in [-0.05, 0) is 26.0 Å². The molecule has 0 fully saturated rings. The quantitative estimate of drug-likeness (QED) is 0.885. The standard InChI is InChI=1S/C13H16N4O/c1-9-7-10(2)17(13(18)16-9)8-11-5-4-6-15-12(11)14-3/h4-7H,8H2,1-3H3,(H,14,15). The second kappa shape index (κ2) is 5.00. The van der Waals surface area contributed by atoms with Crippen LogP contribution in [0.25, 0.3) is 0 Å². The molecule has 0 amide bonds. The number of anilines is 1. The van der Waals surface area contributed by atoms with Crippen LogP contribution in [0.15, 0.2) is 29.2 Å². The van der Waals surface area contributed by atoms with Crippen LogP contribution in [0.2, 0.25) is 0 Å². The summed E-state index contributed by atoms with van der Waals surface area (Å²) in [6, 6.07) is 5.71. The van der Waals surface area contributed by atoms with Crippen LogP contribution in [0, 0.1) is 13.8 Å². The molecule has 0 saturated heterocycles. The van der Waals surface area contributed by atoms with Crippen LogP contribution < -0.4 is 11.0 Å². The summed E-state index contributed by atoms with van der Waals surface area (Å²) in [7, 11) is 1.81. The molecule has 0 unspecified atom stereocenters. The van der Waals surface area contributed by atoms with Gasteiger partial charge in [-0.15, -0.1) is 0 Å². The fourth-order valence-corrected chi connectivity index (χ4v) is 1.93. The molecule has 0 bridgehead atoms. The Morgan fingerprint density at radius 2 is 2.17 bits per heavy atom. The molecule has 0 atom stereocenters. The Labute approximate surface area is 106 Å². The first-order valence-electron chi connectivity index (χ1n) is 5.78. The van der Waals surface area contributed by atoms with Crippen molar-refractivity contribution >= 4 is 5.82 Å². The lowest BCUT2D eigenvalue weighted by molar-refractivity contribution is 0.693. The van der Waals surface area contributed by atoms with Crippen molar-refractivity contribution < 1.29 is 0 Å². The van der Waals surface area contributed by atoms with Gasteiger partial charge < -0.3 is 5.32 Å². The zero-order chi connectivity index (χ0) is 13.1. The van der Waals surface area contributed by atoms with E-state index in [9.17, 15) is 4.79 Å². The van der Waals surface area contributed by atoms with Gasteiger partial charge in [-0.2, -0.15) is 4.98 Å². The third kappa shape index (κ3) is 2.40. The van der Waals surface area contributed by atoms with E-state index in [1.54, 1.807) is 10.8 Å². The average Bonchev–Trinajstić information content (AvgIpc) is 2.34. The molecule has 5 heteroatoms. The number of aryl methyl sites for hydroxylation is 2. The van der Waals surface area contributed by atoms with Crippen molar-refractivity contribution in [2.75, 3.05) is 12.4 Å². The maximum atomic E-state index is 11.9. The van der Waals surface area contributed by atoms with Crippen molar-refractivity contribution in [2.45, 2.75) is 20.4 Å². The largest absolute Gasteiger partial charge is 0.373 e. The van der Waals surface area contributed by atoms with Crippen molar-refractivity contribution in [3.8, 4) is 0 Å². The Hall–Kier alpha value is -2.17. The molecule has 2 heterocycles. The molecule has 5 nitrogen and oxygen atoms in total. The number of hydrogen-bond acceptors (Lipinski definition) is 4. The molecule has 2 rings (SSSR count). The van der Waals surface area contributed by atoms with Gasteiger partial charge in [0.15, 0.2) is 0 Å². The average molecular weight is 244 g/mol. The van der Waals surface area contributed by atoms with Gasteiger partial charge in [0.2, 0.25) is 0 Å². The van der Waals surface area contributed by atoms with Gasteiger partial charge in [0.25, 0.3) is 0 Å². The van der Waals surface area contributed by atoms with Gasteiger partial charge in [0.05, 0.1) is 6.54 Å². The highest BCUT2D eigenvalue weighted by atomic mass is 16.1. The molecule has 2 aromatic rings. The minimum Gasteiger partial charge on any atom is -0.373 e. The Bertz CT molecular complexity index is 619. The summed E-state index contributed by atoms with van der Waals surface area (Å²) >= 11 is 0. The number of rotatable bonds is 3. The predicted molar refractivity (Wildman–Crippen MR) is 70.9 cm³/mol. The number of nitrogens with zero attached hydrogens (tertiary/aromatic N) is 3. The zero-order valence-electron chi connectivity index (χ0n) is 10.8. The van der Waals surface area contributed by atoms with E-state index in [0.717, 1.165) is 22.8 Å². The van der Waals surface area contributed by atoms with Gasteiger partial charge in [-0.25, -0.2) is 9.78 Å². The van der Waals surface area contributed by atoms with Crippen LogP contribution in [0.4, 0.5) is 5.82 Å². The maximum absolute atomic E-state index is 11.9. The van der Waals surface area contributed by atoms with E-state index < -0.39 is 0 Å². The highest BCUT2D eigenvalue weighted by molar-refractivity contribution is 5.43. The normalized spacial score (nSPS) is 10.4. The van der Waals surface area contributed by atoms with E-state index in [0.29, 0.717) is 6.54 Å². The molecule has 0 radical (unpaired) electrons. The van der Waals surface area contributed by atoms with Crippen molar-refractivity contribution in [3.05, 3.63) is 51.8 Å². The molecule has 0 aliphatic rings. The van der Waals surface area contributed by atoms with Crippen LogP contribution in [-0.4, -0.2) is 21.6 Å². The van der Waals surface area contributed by atoms with Crippen LogP contribution in [0.5, 0.6) is 0 Å². The van der Waals surface area contributed by atoms with Crippen LogP contribution in [0.1, 0.15) is 17.0 Å². The Kier molecular flexibility index (Phi) is 3.41. The van der Waals surface area contributed by atoms with Crippen molar-refractivity contribution in [3.63, 3.8) is 0 Å². The summed E-state index contributed by atoms with van der Waals surface area (Å²) in [4.78, 5) is 20.1. The second-order valence-corrected chi connectivity index (χ2v) is 4.17. The summed E-state index contributed by atoms with van der Waals surface area (Å²) in [5.74, 6) is 0.782. The first-order chi connectivity index (χ1) is 8.61. The summed E-state index contributed by atoms with van der Waals surface area (Å²) < 4.78 is 1.64. The molecule has 2 aromatic heterocycles. The minimum atomic E-state index is -0.224. The van der Waals surface area contributed by atoms with E-state index >= 15 is 0 Å². The van der Waals surface area contributed by atoms with Crippen molar-refractivity contribution in [2.24, 2.45) is 0 Å². The van der Waals surface area contributed by atoms with E-state index in [-0.39, 0.29) is 5.69 Å². The third-order valence-corrected chi connectivity index (χ3v) is 2.80. The SMILES string of the molecule is CNc1ncccc1Cn1c(C)cc(C)nc1=O. The topological polar surface area (TPSA) is 59.8 Å². The van der Waals surface area contributed by atoms with Gasteiger partial charge >= 0.3 is 5.69 Å². The molecular formula is C13H16N4O. The first-order valence-corrected chi connectivity index (χ1v) is 5.78. The van der Waals surface area contributed by atoms with Crippen molar-refractivity contribution in [1.29, 1.82) is 0 Å². The smallest absolute Gasteiger partial charge is 0.348 e. The van der Waals surface area contributed by atoms with E-state index in [1.165, 1.54) is 0 Å². The number of hydrogen-bond donors (Lipinski definition) is 1. The Balaban J connectivity index is 2.43. The first kappa shape index (κ1) is 12.3. The lowest BCUT2D eigenvalue weighted by Crippen LogP contribution is -2.26. The predicted octanol–water partition coefficient (Wildman–Crippen LogP) is 1.35. The van der Waals surface area contributed by atoms with Crippen LogP contribution in [-0.2, 0) is 6.54 Å². The summed E-state index contributed by atoms with van der Waals surface area (Å²) in [5, 5.41) is 3.02. The maximum Gasteiger partial charge on any atom is 0.348 e. The molecule has 0 spiro atoms. The van der Waals surface area contributed by atoms with Crippen LogP contribution in [0.3, 0.4) is 0 Å². The number of nitrogens with one attached hydrogen (secondary N) is 1. The highest BCUT2D eigenvalue weighted by Crippen LogP contribution is 2.12. The monoisotopic (exact) mass is 244 g/mol. The fourth-order valence-electron chi connectivity index (χ4n) is 1.93. The number of aromatic nitrogens is 3. The molecule has 1 N–H and O–H groups in total. The van der Waals surface area contributed by atoms with E-state index in [1.807, 2.05) is 39.1 Å². The second-order valence-electron chi connectivity index (χ2n) is 4.17. The lowest BCUT2D eigenvalue weighted by Gasteiger charge is -2.12. The highest BCUT2D eigenvalue weighted by Gasteiger charge is 2.07. The number of pyridine rings is 1. The molecular weight excluding hydrogens is 228 g/mol. The van der Waals surface area contributed by atoms with Gasteiger partial charge in [-0.3, -0.25) is 4.57 Å². The summed E-state index contributed by atoms with van der Waals surface area (Å²) in [6.45, 7) is 4.20. The molecule has 94 valence electrons. The minimum absolute atomic E-state index is 0.224. The molecule has 0 saturated carbocycles. The summed E-state index contributed by atoms with van der Waals surface area (Å²) in [5.41, 5.74) is 2.39. The Morgan fingerprint density at radius 1 is 1.39 bits per heavy atom. The van der Waals surface area contributed by atoms with Gasteiger partial charge in [0.1, 0.15) is 5.82 Å². The van der Waals surface area contributed by atoms with E-state index in [2.05, 4.69) is 15.3 Å². The lowest BCUT2D eigenvalue weighted by atomic mass is 10.2. The summed E-state index contributed by atoms with van der Waals surface area (Å²) in [6.07, 6.45) is 1.72. The Morgan fingerprint density at radius 3 is 2.83 bits per heavy atom. The third-order valence-electron chi connectivity index (χ3n) is 2.80. The van der Waals surface area contributed by atoms with Gasteiger partial charge in [0, 0.05) is 30.2 Å². The molecule has 0 aliphatic heterocycles. The fraction of sp³-hybridized carbons (Fsp3) is 0.308. The van der Waals surface area contributed by atoms with Crippen molar-refractivity contribution in [1.82, 2.24) is 14.5 Å². The van der Waals surface area contributed by atoms with Gasteiger partial charge in [-0.1, -0.05) is 6.07 Å². The molecule has 0 aliphatic carbocycles. The molecule has 0 aromatic carbocycles.